The van der Waals surface area contributed by atoms with Crippen LogP contribution in [0.4, 0.5) is 25.2 Å². The van der Waals surface area contributed by atoms with Crippen LogP contribution in [-0.2, 0) is 0 Å². The first kappa shape index (κ1) is 14.9. The van der Waals surface area contributed by atoms with Gasteiger partial charge in [0.2, 0.25) is 0 Å². The Morgan fingerprint density at radius 1 is 1.08 bits per heavy atom. The second-order valence-corrected chi connectivity index (χ2v) is 4.59. The maximum absolute atomic E-state index is 10.7. The molecule has 0 N–H and O–H groups in total. The van der Waals surface area contributed by atoms with Crippen molar-refractivity contribution in [1.29, 1.82) is 0 Å². The Morgan fingerprint density at radius 3 is 1.33 bits per heavy atom. The summed E-state index contributed by atoms with van der Waals surface area (Å²) in [6.45, 7) is 2.20. The monoisotopic (exact) mass is 236 g/mol. The van der Waals surface area contributed by atoms with Crippen LogP contribution >= 0.6 is 17.0 Å². The van der Waals surface area contributed by atoms with Gasteiger partial charge in [0.05, 0.1) is 0 Å². The SMILES string of the molecule is CCCCP.F[P-](F)(F)(F)(F)F.[H+]. The minimum atomic E-state index is -10.7. The van der Waals surface area contributed by atoms with E-state index in [0.717, 1.165) is 0 Å². The molecule has 0 spiro atoms. The second-order valence-electron chi connectivity index (χ2n) is 2.10. The summed E-state index contributed by atoms with van der Waals surface area (Å²) >= 11 is 0. The van der Waals surface area contributed by atoms with Crippen LogP contribution in [0, 0.1) is 0 Å². The van der Waals surface area contributed by atoms with E-state index < -0.39 is 7.81 Å². The summed E-state index contributed by atoms with van der Waals surface area (Å²) in [5.41, 5.74) is 0. The van der Waals surface area contributed by atoms with Gasteiger partial charge in [0.15, 0.2) is 0 Å². The van der Waals surface area contributed by atoms with Gasteiger partial charge in [-0.2, -0.15) is 0 Å². The van der Waals surface area contributed by atoms with E-state index in [1.165, 1.54) is 19.0 Å². The van der Waals surface area contributed by atoms with Crippen molar-refractivity contribution >= 4 is 17.0 Å². The van der Waals surface area contributed by atoms with Crippen molar-refractivity contribution in [3.63, 3.8) is 0 Å². The molecule has 0 rings (SSSR count). The average molecular weight is 236 g/mol. The van der Waals surface area contributed by atoms with Gasteiger partial charge in [-0.3, -0.25) is 0 Å². The smallest absolute Gasteiger partial charge is 1.00 e. The molecule has 12 heavy (non-hydrogen) atoms. The first-order valence-corrected chi connectivity index (χ1v) is 5.97. The van der Waals surface area contributed by atoms with E-state index in [4.69, 9.17) is 0 Å². The molecule has 0 heterocycles. The van der Waals surface area contributed by atoms with Crippen LogP contribution in [0.15, 0.2) is 0 Å². The van der Waals surface area contributed by atoms with Crippen molar-refractivity contribution in [1.82, 2.24) is 0 Å². The molecule has 0 fully saturated rings. The normalized spacial score (nSPS) is 17.0. The molecule has 0 radical (unpaired) electrons. The van der Waals surface area contributed by atoms with Crippen molar-refractivity contribution < 1.29 is 26.6 Å². The molecule has 0 nitrogen and oxygen atoms in total. The van der Waals surface area contributed by atoms with Gasteiger partial charge in [-0.1, -0.05) is 19.8 Å². The molecule has 0 aliphatic carbocycles. The molecule has 1 atom stereocenters. The van der Waals surface area contributed by atoms with Gasteiger partial charge >= 0.3 is 34.4 Å². The molecular weight excluding hydrogens is 224 g/mol. The molecule has 0 amide bonds. The average Bonchev–Trinajstić information content (AvgIpc) is 1.58. The quantitative estimate of drug-likeness (QED) is 0.459. The van der Waals surface area contributed by atoms with Crippen molar-refractivity contribution in [3.8, 4) is 0 Å². The standard InChI is InChI=1S/C4H11P.F6P/c1-2-3-4-5;1-7(2,3,4,5)6/h2-5H2,1H3;/q;-1/p+1. The summed E-state index contributed by atoms with van der Waals surface area (Å²) in [5, 5.41) is 0. The van der Waals surface area contributed by atoms with Crippen molar-refractivity contribution in [3.05, 3.63) is 0 Å². The summed E-state index contributed by atoms with van der Waals surface area (Å²) in [4.78, 5) is 0. The van der Waals surface area contributed by atoms with Crippen LogP contribution in [0.5, 0.6) is 0 Å². The Hall–Kier alpha value is 0.440. The zero-order valence-electron chi connectivity index (χ0n) is 7.41. The summed E-state index contributed by atoms with van der Waals surface area (Å²) < 4.78 is 59.2. The second kappa shape index (κ2) is 3.67. The zero-order chi connectivity index (χ0) is 10.5. The van der Waals surface area contributed by atoms with E-state index in [0.29, 0.717) is 0 Å². The van der Waals surface area contributed by atoms with Crippen molar-refractivity contribution in [2.45, 2.75) is 19.8 Å². The Morgan fingerprint density at radius 2 is 1.33 bits per heavy atom. The minimum Gasteiger partial charge on any atom is 1.00 e. The van der Waals surface area contributed by atoms with Gasteiger partial charge < -0.3 is 0 Å². The predicted octanol–water partition coefficient (Wildman–Crippen LogP) is 5.16. The molecule has 0 aromatic carbocycles. The minimum absolute atomic E-state index is 0. The summed E-state index contributed by atoms with van der Waals surface area (Å²) in [5.74, 6) is 0. The first-order chi connectivity index (χ1) is 4.86. The molecule has 0 aliphatic heterocycles. The van der Waals surface area contributed by atoms with Crippen LogP contribution in [0.3, 0.4) is 0 Å². The summed E-state index contributed by atoms with van der Waals surface area (Å²) in [6.07, 6.45) is 3.94. The van der Waals surface area contributed by atoms with Gasteiger partial charge in [0.1, 0.15) is 0 Å². The molecule has 80 valence electrons. The predicted molar refractivity (Wildman–Crippen MR) is 44.2 cm³/mol. The molecule has 8 heteroatoms. The van der Waals surface area contributed by atoms with Crippen LogP contribution in [0.25, 0.3) is 0 Å². The third-order valence-corrected chi connectivity index (χ3v) is 0.966. The topological polar surface area (TPSA) is 0 Å². The number of rotatable bonds is 2. The third-order valence-electron chi connectivity index (χ3n) is 0.558. The third kappa shape index (κ3) is 156. The molecule has 0 saturated carbocycles. The Bertz CT molecular complexity index is 112. The van der Waals surface area contributed by atoms with E-state index in [-0.39, 0.29) is 1.43 Å². The van der Waals surface area contributed by atoms with Crippen LogP contribution in [0.1, 0.15) is 21.2 Å². The molecule has 0 aromatic rings. The van der Waals surface area contributed by atoms with E-state index in [9.17, 15) is 25.2 Å². The van der Waals surface area contributed by atoms with E-state index in [1.807, 2.05) is 0 Å². The van der Waals surface area contributed by atoms with Gasteiger partial charge in [0.25, 0.3) is 0 Å². The fourth-order valence-corrected chi connectivity index (χ4v) is 0.612. The molecule has 0 aromatic heterocycles. The number of hydrogen-bond donors (Lipinski definition) is 0. The Balaban J connectivity index is -0.000000150. The number of hydrogen-bond acceptors (Lipinski definition) is 0. The largest absolute Gasteiger partial charge is 1.00 e. The summed E-state index contributed by atoms with van der Waals surface area (Å²) in [6, 6.07) is 0. The molecule has 1 unspecified atom stereocenters. The number of unbranched alkanes of at least 4 members (excludes halogenated alkanes) is 1. The Kier molecular flexibility index (Phi) is 4.56. The zero-order valence-corrected chi connectivity index (χ0v) is 8.46. The maximum atomic E-state index is 9.87. The van der Waals surface area contributed by atoms with Crippen molar-refractivity contribution in [2.24, 2.45) is 0 Å². The fraction of sp³-hybridized carbons (Fsp3) is 1.00. The fourth-order valence-electron chi connectivity index (χ4n) is 0.204. The van der Waals surface area contributed by atoms with Crippen LogP contribution in [0.2, 0.25) is 0 Å². The molecule has 0 saturated heterocycles. The molecule has 0 bridgehead atoms. The van der Waals surface area contributed by atoms with E-state index >= 15 is 0 Å². The molecule has 0 aliphatic rings. The Labute approximate surface area is 70.6 Å². The van der Waals surface area contributed by atoms with Gasteiger partial charge in [-0.15, -0.1) is 9.24 Å². The van der Waals surface area contributed by atoms with E-state index in [1.54, 1.807) is 0 Å². The van der Waals surface area contributed by atoms with E-state index in [2.05, 4.69) is 16.2 Å². The van der Waals surface area contributed by atoms with Crippen LogP contribution < -0.4 is 0 Å². The number of halogens is 6. The maximum Gasteiger partial charge on any atom is 1.00 e. The van der Waals surface area contributed by atoms with Gasteiger partial charge in [-0.25, -0.2) is 0 Å². The van der Waals surface area contributed by atoms with Crippen molar-refractivity contribution in [2.75, 3.05) is 6.16 Å². The first-order valence-electron chi connectivity index (χ1n) is 3.13. The molecular formula is C4H12F6P2. The van der Waals surface area contributed by atoms with Gasteiger partial charge in [-0.05, 0) is 6.16 Å². The van der Waals surface area contributed by atoms with Gasteiger partial charge in [0, 0.05) is 0 Å². The summed E-state index contributed by atoms with van der Waals surface area (Å²) in [7, 11) is -7.96. The van der Waals surface area contributed by atoms with Crippen LogP contribution in [-0.4, -0.2) is 6.16 Å².